The molecule has 1 N–H and O–H groups in total. The van der Waals surface area contributed by atoms with Crippen LogP contribution in [0.3, 0.4) is 0 Å². The van der Waals surface area contributed by atoms with Crippen LogP contribution in [0.1, 0.15) is 45.6 Å². The number of nitriles is 1. The summed E-state index contributed by atoms with van der Waals surface area (Å²) in [5.74, 6) is 1.33. The summed E-state index contributed by atoms with van der Waals surface area (Å²) in [6, 6.07) is 10.4. The summed E-state index contributed by atoms with van der Waals surface area (Å²) < 4.78 is 5.71. The molecular formula is C16H24N2O. The Morgan fingerprint density at radius 2 is 1.95 bits per heavy atom. The Kier molecular flexibility index (Phi) is 5.85. The second kappa shape index (κ2) is 7.16. The van der Waals surface area contributed by atoms with Crippen LogP contribution in [0.2, 0.25) is 0 Å². The Balaban J connectivity index is 2.57. The minimum absolute atomic E-state index is 0.352. The SMILES string of the molecule is CCCNC(C)(C#N)COc1ccc(C(C)C)cc1. The first-order chi connectivity index (χ1) is 9.00. The van der Waals surface area contributed by atoms with Gasteiger partial charge in [-0.25, -0.2) is 0 Å². The Labute approximate surface area is 116 Å². The normalized spacial score (nSPS) is 13.9. The molecule has 3 heteroatoms. The molecule has 0 aromatic heterocycles. The largest absolute Gasteiger partial charge is 0.491 e. The molecule has 0 amide bonds. The van der Waals surface area contributed by atoms with Crippen LogP contribution in [0.5, 0.6) is 5.75 Å². The highest BCUT2D eigenvalue weighted by molar-refractivity contribution is 5.29. The molecule has 1 aromatic rings. The van der Waals surface area contributed by atoms with Crippen LogP contribution in [0.15, 0.2) is 24.3 Å². The van der Waals surface area contributed by atoms with Crippen molar-refractivity contribution in [3.8, 4) is 11.8 Å². The van der Waals surface area contributed by atoms with Gasteiger partial charge in [-0.2, -0.15) is 5.26 Å². The number of ether oxygens (including phenoxy) is 1. The van der Waals surface area contributed by atoms with Crippen molar-refractivity contribution in [1.29, 1.82) is 5.26 Å². The third-order valence-electron chi connectivity index (χ3n) is 3.09. The van der Waals surface area contributed by atoms with Gasteiger partial charge in [0.15, 0.2) is 0 Å². The van der Waals surface area contributed by atoms with Crippen LogP contribution in [-0.2, 0) is 0 Å². The summed E-state index contributed by atoms with van der Waals surface area (Å²) in [4.78, 5) is 0. The van der Waals surface area contributed by atoms with Gasteiger partial charge < -0.3 is 4.74 Å². The predicted molar refractivity (Wildman–Crippen MR) is 78.3 cm³/mol. The molecule has 1 aromatic carbocycles. The molecular weight excluding hydrogens is 236 g/mol. The first kappa shape index (κ1) is 15.5. The van der Waals surface area contributed by atoms with Gasteiger partial charge in [0.2, 0.25) is 0 Å². The molecule has 1 rings (SSSR count). The van der Waals surface area contributed by atoms with Crippen LogP contribution < -0.4 is 10.1 Å². The van der Waals surface area contributed by atoms with E-state index < -0.39 is 5.54 Å². The fourth-order valence-electron chi connectivity index (χ4n) is 1.70. The molecule has 0 spiro atoms. The number of nitrogens with one attached hydrogen (secondary N) is 1. The minimum atomic E-state index is -0.632. The van der Waals surface area contributed by atoms with Gasteiger partial charge in [-0.05, 0) is 43.5 Å². The summed E-state index contributed by atoms with van der Waals surface area (Å²) >= 11 is 0. The Morgan fingerprint density at radius 3 is 2.42 bits per heavy atom. The number of hydrogen-bond donors (Lipinski definition) is 1. The second-order valence-corrected chi connectivity index (χ2v) is 5.38. The molecule has 0 radical (unpaired) electrons. The molecule has 0 aliphatic carbocycles. The van der Waals surface area contributed by atoms with Crippen molar-refractivity contribution in [2.24, 2.45) is 0 Å². The van der Waals surface area contributed by atoms with Crippen molar-refractivity contribution >= 4 is 0 Å². The monoisotopic (exact) mass is 260 g/mol. The molecule has 0 fully saturated rings. The number of benzene rings is 1. The number of nitrogens with zero attached hydrogens (tertiary/aromatic N) is 1. The highest BCUT2D eigenvalue weighted by Crippen LogP contribution is 2.19. The molecule has 3 nitrogen and oxygen atoms in total. The molecule has 19 heavy (non-hydrogen) atoms. The van der Waals surface area contributed by atoms with Crippen molar-refractivity contribution < 1.29 is 4.74 Å². The maximum Gasteiger partial charge on any atom is 0.138 e. The molecule has 0 saturated heterocycles. The fourth-order valence-corrected chi connectivity index (χ4v) is 1.70. The summed E-state index contributed by atoms with van der Waals surface area (Å²) in [5, 5.41) is 12.4. The van der Waals surface area contributed by atoms with Crippen molar-refractivity contribution in [3.05, 3.63) is 29.8 Å². The van der Waals surface area contributed by atoms with E-state index in [0.717, 1.165) is 18.7 Å². The van der Waals surface area contributed by atoms with Gasteiger partial charge in [0.1, 0.15) is 17.9 Å². The van der Waals surface area contributed by atoms with E-state index in [-0.39, 0.29) is 0 Å². The van der Waals surface area contributed by atoms with E-state index in [9.17, 15) is 5.26 Å². The molecule has 1 atom stereocenters. The van der Waals surface area contributed by atoms with Gasteiger partial charge in [0.25, 0.3) is 0 Å². The maximum atomic E-state index is 9.21. The quantitative estimate of drug-likeness (QED) is 0.816. The van der Waals surface area contributed by atoms with E-state index in [4.69, 9.17) is 4.74 Å². The van der Waals surface area contributed by atoms with Crippen LogP contribution in [0.4, 0.5) is 0 Å². The Morgan fingerprint density at radius 1 is 1.32 bits per heavy atom. The lowest BCUT2D eigenvalue weighted by Crippen LogP contribution is -2.46. The lowest BCUT2D eigenvalue weighted by molar-refractivity contribution is 0.234. The fraction of sp³-hybridized carbons (Fsp3) is 0.562. The molecule has 0 heterocycles. The summed E-state index contributed by atoms with van der Waals surface area (Å²) in [5.41, 5.74) is 0.659. The topological polar surface area (TPSA) is 45.0 Å². The first-order valence-corrected chi connectivity index (χ1v) is 6.90. The van der Waals surface area contributed by atoms with Crippen molar-refractivity contribution in [2.45, 2.75) is 45.6 Å². The van der Waals surface area contributed by atoms with Crippen molar-refractivity contribution in [2.75, 3.05) is 13.2 Å². The summed E-state index contributed by atoms with van der Waals surface area (Å²) in [7, 11) is 0. The van der Waals surface area contributed by atoms with E-state index >= 15 is 0 Å². The van der Waals surface area contributed by atoms with Gasteiger partial charge in [-0.15, -0.1) is 0 Å². The third-order valence-corrected chi connectivity index (χ3v) is 3.09. The van der Waals surface area contributed by atoms with Gasteiger partial charge >= 0.3 is 0 Å². The van der Waals surface area contributed by atoms with Crippen LogP contribution in [-0.4, -0.2) is 18.7 Å². The Hall–Kier alpha value is -1.53. The molecule has 104 valence electrons. The molecule has 0 bridgehead atoms. The molecule has 0 aliphatic rings. The predicted octanol–water partition coefficient (Wildman–Crippen LogP) is 3.47. The van der Waals surface area contributed by atoms with Gasteiger partial charge in [-0.1, -0.05) is 32.9 Å². The standard InChI is InChI=1S/C16H24N2O/c1-5-10-18-16(4,11-17)12-19-15-8-6-14(7-9-15)13(2)3/h6-9,13,18H,5,10,12H2,1-4H3. The van der Waals surface area contributed by atoms with Crippen molar-refractivity contribution in [3.63, 3.8) is 0 Å². The minimum Gasteiger partial charge on any atom is -0.491 e. The van der Waals surface area contributed by atoms with E-state index in [1.54, 1.807) is 0 Å². The maximum absolute atomic E-state index is 9.21. The average Bonchev–Trinajstić information content (AvgIpc) is 2.43. The first-order valence-electron chi connectivity index (χ1n) is 6.90. The highest BCUT2D eigenvalue weighted by atomic mass is 16.5. The van der Waals surface area contributed by atoms with E-state index in [2.05, 4.69) is 44.3 Å². The van der Waals surface area contributed by atoms with Crippen LogP contribution >= 0.6 is 0 Å². The smallest absolute Gasteiger partial charge is 0.138 e. The van der Waals surface area contributed by atoms with E-state index in [1.807, 2.05) is 19.1 Å². The molecule has 0 aliphatic heterocycles. The third kappa shape index (κ3) is 4.92. The van der Waals surface area contributed by atoms with E-state index in [0.29, 0.717) is 12.5 Å². The van der Waals surface area contributed by atoms with Crippen molar-refractivity contribution in [1.82, 2.24) is 5.32 Å². The zero-order chi connectivity index (χ0) is 14.3. The lowest BCUT2D eigenvalue weighted by Gasteiger charge is -2.23. The second-order valence-electron chi connectivity index (χ2n) is 5.38. The number of hydrogen-bond acceptors (Lipinski definition) is 3. The number of rotatable bonds is 7. The highest BCUT2D eigenvalue weighted by Gasteiger charge is 2.23. The zero-order valence-electron chi connectivity index (χ0n) is 12.4. The molecule has 1 unspecified atom stereocenters. The zero-order valence-corrected chi connectivity index (χ0v) is 12.4. The summed E-state index contributed by atoms with van der Waals surface area (Å²) in [6.07, 6.45) is 1.00. The van der Waals surface area contributed by atoms with Gasteiger partial charge in [0, 0.05) is 0 Å². The Bertz CT molecular complexity index is 419. The average molecular weight is 260 g/mol. The van der Waals surface area contributed by atoms with E-state index in [1.165, 1.54) is 5.56 Å². The van der Waals surface area contributed by atoms with Crippen LogP contribution in [0.25, 0.3) is 0 Å². The van der Waals surface area contributed by atoms with Gasteiger partial charge in [0.05, 0.1) is 6.07 Å². The van der Waals surface area contributed by atoms with Crippen LogP contribution in [0, 0.1) is 11.3 Å². The lowest BCUT2D eigenvalue weighted by atomic mass is 10.0. The molecule has 0 saturated carbocycles. The summed E-state index contributed by atoms with van der Waals surface area (Å²) in [6.45, 7) is 9.44. The van der Waals surface area contributed by atoms with Gasteiger partial charge in [-0.3, -0.25) is 5.32 Å².